The molecule has 2 aromatic carbocycles. The van der Waals surface area contributed by atoms with Crippen molar-refractivity contribution in [3.63, 3.8) is 0 Å². The van der Waals surface area contributed by atoms with E-state index in [0.717, 1.165) is 41.5 Å². The first-order chi connectivity index (χ1) is 20.8. The molecule has 1 saturated heterocycles. The van der Waals surface area contributed by atoms with Crippen LogP contribution in [-0.4, -0.2) is 63.0 Å². The lowest BCUT2D eigenvalue weighted by molar-refractivity contribution is -0.145. The number of nitrogens with one attached hydrogen (secondary N) is 2. The summed E-state index contributed by atoms with van der Waals surface area (Å²) in [5, 5.41) is 17.4. The van der Waals surface area contributed by atoms with Crippen molar-refractivity contribution in [2.24, 2.45) is 5.92 Å². The van der Waals surface area contributed by atoms with Gasteiger partial charge in [-0.25, -0.2) is 9.78 Å². The van der Waals surface area contributed by atoms with E-state index >= 15 is 0 Å². The summed E-state index contributed by atoms with van der Waals surface area (Å²) >= 11 is 7.51. The van der Waals surface area contributed by atoms with Crippen molar-refractivity contribution in [1.82, 2.24) is 20.5 Å². The zero-order valence-corrected chi connectivity index (χ0v) is 25.3. The normalized spacial score (nSPS) is 28.7. The highest BCUT2D eigenvalue weighted by Gasteiger charge is 2.61. The fourth-order valence-corrected chi connectivity index (χ4v) is 7.27. The molecule has 43 heavy (non-hydrogen) atoms. The zero-order chi connectivity index (χ0) is 30.0. The number of amides is 2. The Kier molecular flexibility index (Phi) is 8.70. The van der Waals surface area contributed by atoms with E-state index in [9.17, 15) is 19.5 Å². The monoisotopic (exact) mass is 622 g/mol. The van der Waals surface area contributed by atoms with E-state index in [4.69, 9.17) is 16.3 Å². The van der Waals surface area contributed by atoms with Gasteiger partial charge in [0.25, 0.3) is 5.19 Å². The van der Waals surface area contributed by atoms with Crippen LogP contribution >= 0.6 is 22.9 Å². The van der Waals surface area contributed by atoms with Crippen LogP contribution in [0.5, 0.6) is 5.19 Å². The number of fused-ring (bicyclic) bond motifs is 3. The molecule has 0 spiro atoms. The molecule has 3 heterocycles. The van der Waals surface area contributed by atoms with Crippen molar-refractivity contribution < 1.29 is 24.2 Å². The highest BCUT2D eigenvalue weighted by atomic mass is 35.5. The summed E-state index contributed by atoms with van der Waals surface area (Å²) in [6.45, 7) is 0.712. The maximum absolute atomic E-state index is 14.2. The van der Waals surface area contributed by atoms with Gasteiger partial charge in [-0.2, -0.15) is 0 Å². The van der Waals surface area contributed by atoms with Gasteiger partial charge in [-0.15, -0.1) is 0 Å². The number of thiazole rings is 1. The average molecular weight is 623 g/mol. The number of carbonyl (C=O) groups is 3. The number of carboxylic acid groups (broad SMARTS) is 1. The summed E-state index contributed by atoms with van der Waals surface area (Å²) in [5.41, 5.74) is 0.471. The fraction of sp³-hybridized carbons (Fsp3) is 0.438. The van der Waals surface area contributed by atoms with Crippen LogP contribution in [0.2, 0.25) is 5.02 Å². The summed E-state index contributed by atoms with van der Waals surface area (Å²) in [5.74, 6) is -1.97. The summed E-state index contributed by atoms with van der Waals surface area (Å²) in [4.78, 5) is 46.4. The van der Waals surface area contributed by atoms with Gasteiger partial charge in [-0.05, 0) is 49.4 Å². The predicted octanol–water partition coefficient (Wildman–Crippen LogP) is 4.94. The molecule has 3 N–H and O–H groups in total. The number of allylic oxidation sites excluding steroid dienone is 1. The van der Waals surface area contributed by atoms with E-state index in [0.29, 0.717) is 29.6 Å². The molecule has 1 saturated carbocycles. The smallest absolute Gasteiger partial charge is 0.330 e. The van der Waals surface area contributed by atoms with E-state index in [1.165, 1.54) is 11.3 Å². The molecule has 226 valence electrons. The number of nitrogens with zero attached hydrogens (tertiary/aromatic N) is 2. The Bertz CT molecular complexity index is 1530. The molecule has 3 aromatic rings. The van der Waals surface area contributed by atoms with Crippen LogP contribution in [0.1, 0.15) is 50.5 Å². The highest BCUT2D eigenvalue weighted by molar-refractivity contribution is 7.20. The lowest BCUT2D eigenvalue weighted by atomic mass is 10.0. The van der Waals surface area contributed by atoms with E-state index in [1.807, 2.05) is 54.6 Å². The molecule has 9 nitrogen and oxygen atoms in total. The first-order valence-corrected chi connectivity index (χ1v) is 16.0. The molecule has 2 amide bonds. The van der Waals surface area contributed by atoms with E-state index in [-0.39, 0.29) is 24.8 Å². The van der Waals surface area contributed by atoms with Gasteiger partial charge in [0.1, 0.15) is 17.7 Å². The third-order valence-corrected chi connectivity index (χ3v) is 9.76. The number of aromatic nitrogens is 1. The molecule has 1 aliphatic carbocycles. The predicted molar refractivity (Wildman–Crippen MR) is 165 cm³/mol. The number of hydrogen-bond donors (Lipinski definition) is 3. The van der Waals surface area contributed by atoms with E-state index < -0.39 is 35.6 Å². The lowest BCUT2D eigenvalue weighted by Gasteiger charge is -2.29. The van der Waals surface area contributed by atoms with Gasteiger partial charge in [-0.3, -0.25) is 9.59 Å². The summed E-state index contributed by atoms with van der Waals surface area (Å²) in [6.07, 6.45) is 8.24. The van der Waals surface area contributed by atoms with Crippen molar-refractivity contribution in [1.29, 1.82) is 0 Å². The van der Waals surface area contributed by atoms with Gasteiger partial charge < -0.3 is 25.4 Å². The Labute approximate surface area is 259 Å². The van der Waals surface area contributed by atoms with Crippen LogP contribution in [0.3, 0.4) is 0 Å². The van der Waals surface area contributed by atoms with Crippen molar-refractivity contribution in [3.05, 3.63) is 71.3 Å². The Morgan fingerprint density at radius 1 is 1.19 bits per heavy atom. The van der Waals surface area contributed by atoms with Crippen LogP contribution < -0.4 is 15.4 Å². The number of ether oxygens (including phenoxy) is 1. The quantitative estimate of drug-likeness (QED) is 0.333. The van der Waals surface area contributed by atoms with Crippen LogP contribution in [0, 0.1) is 5.92 Å². The third-order valence-electron chi connectivity index (χ3n) is 8.61. The van der Waals surface area contributed by atoms with Crippen LogP contribution in [-0.2, 0) is 20.9 Å². The van der Waals surface area contributed by atoms with Crippen molar-refractivity contribution in [2.45, 2.75) is 75.2 Å². The number of benzene rings is 2. The molecule has 0 bridgehead atoms. The Morgan fingerprint density at radius 2 is 2.02 bits per heavy atom. The summed E-state index contributed by atoms with van der Waals surface area (Å²) in [7, 11) is 0. The van der Waals surface area contributed by atoms with Gasteiger partial charge in [0.05, 0.1) is 22.8 Å². The van der Waals surface area contributed by atoms with Crippen molar-refractivity contribution in [2.75, 3.05) is 6.54 Å². The zero-order valence-electron chi connectivity index (χ0n) is 23.7. The minimum absolute atomic E-state index is 0.178. The molecular formula is C32H35ClN4O5S. The van der Waals surface area contributed by atoms with Crippen LogP contribution in [0.15, 0.2) is 60.7 Å². The molecule has 2 aliphatic heterocycles. The highest BCUT2D eigenvalue weighted by Crippen LogP contribution is 2.45. The average Bonchev–Trinajstić information content (AvgIpc) is 3.31. The maximum atomic E-state index is 14.2. The number of carbonyl (C=O) groups excluding carboxylic acids is 2. The Hall–Kier alpha value is -3.47. The van der Waals surface area contributed by atoms with Gasteiger partial charge in [0, 0.05) is 23.9 Å². The lowest BCUT2D eigenvalue weighted by Crippen LogP contribution is -2.55. The topological polar surface area (TPSA) is 121 Å². The molecule has 6 rings (SSSR count). The first-order valence-electron chi connectivity index (χ1n) is 14.8. The molecule has 1 aromatic heterocycles. The number of carboxylic acids is 1. The first kappa shape index (κ1) is 29.6. The molecule has 2 fully saturated rings. The molecule has 0 unspecified atom stereocenters. The Morgan fingerprint density at radius 3 is 2.84 bits per heavy atom. The largest absolute Gasteiger partial charge is 0.479 e. The minimum atomic E-state index is -1.35. The summed E-state index contributed by atoms with van der Waals surface area (Å²) < 4.78 is 7.14. The van der Waals surface area contributed by atoms with Gasteiger partial charge in [-0.1, -0.05) is 78.3 Å². The Balaban J connectivity index is 1.26. The standard InChI is InChI=1S/C32H35ClN4O5S/c33-22-13-14-24-27(15-22)43-31(35-24)42-23-16-26-28(38)36-32(30(40)41)17-21(32)11-7-2-1-3-8-12-25(29(39)37(26)19-23)34-18-20-9-5-4-6-10-20/h4-7,9-11,13-15,21,23,25-26,34H,1-3,8,12,16-19H2,(H,36,38)(H,40,41)/b11-7-/t21-,23-,25+,26+,32-/m1/s1. The van der Waals surface area contributed by atoms with Crippen molar-refractivity contribution >= 4 is 50.9 Å². The number of rotatable bonds is 6. The second kappa shape index (κ2) is 12.6. The number of hydrogen-bond acceptors (Lipinski definition) is 7. The molecule has 5 atom stereocenters. The van der Waals surface area contributed by atoms with Crippen LogP contribution in [0.25, 0.3) is 10.2 Å². The number of aliphatic carboxylic acids is 1. The second-order valence-electron chi connectivity index (χ2n) is 11.6. The van der Waals surface area contributed by atoms with Crippen molar-refractivity contribution in [3.8, 4) is 5.19 Å². The number of halogens is 1. The van der Waals surface area contributed by atoms with Gasteiger partial charge in [0.2, 0.25) is 11.8 Å². The minimum Gasteiger partial charge on any atom is -0.479 e. The second-order valence-corrected chi connectivity index (χ2v) is 13.1. The summed E-state index contributed by atoms with van der Waals surface area (Å²) in [6, 6.07) is 14.0. The molecule has 3 aliphatic rings. The molecule has 11 heteroatoms. The third kappa shape index (κ3) is 6.56. The van der Waals surface area contributed by atoms with Gasteiger partial charge >= 0.3 is 5.97 Å². The fourth-order valence-electron chi connectivity index (χ4n) is 6.11. The van der Waals surface area contributed by atoms with E-state index in [2.05, 4.69) is 15.6 Å². The van der Waals surface area contributed by atoms with E-state index in [1.54, 1.807) is 11.0 Å². The SMILES string of the molecule is O=C1N[C@]2(C(=O)O)C[C@H]2/C=C\CCCCC[C@H](NCc2ccccc2)C(=O)N2C[C@H](Oc3nc4ccc(Cl)cc4s3)C[C@@H]12. The van der Waals surface area contributed by atoms with Gasteiger partial charge in [0.15, 0.2) is 0 Å². The molecular weight excluding hydrogens is 588 g/mol. The molecule has 0 radical (unpaired) electrons. The maximum Gasteiger partial charge on any atom is 0.330 e. The van der Waals surface area contributed by atoms with Crippen LogP contribution in [0.4, 0.5) is 0 Å².